The Kier molecular flexibility index (Phi) is 4.24. The number of amidine groups is 1. The Morgan fingerprint density at radius 2 is 2.56 bits per heavy atom. The highest BCUT2D eigenvalue weighted by atomic mass is 15.2. The standard InChI is InChI=1S/C5H8BN3/c1-4-6-5(7-2)9-8-3/h1,6H,3H2,2H3,(H,7,9). The lowest BCUT2D eigenvalue weighted by molar-refractivity contribution is 1.14. The summed E-state index contributed by atoms with van der Waals surface area (Å²) in [5, 5.41) is 9.69. The lowest BCUT2D eigenvalue weighted by Crippen LogP contribution is -2.23. The van der Waals surface area contributed by atoms with Crippen molar-refractivity contribution in [2.24, 2.45) is 10.2 Å². The molecule has 0 aliphatic heterocycles. The van der Waals surface area contributed by atoms with Gasteiger partial charge in [0.2, 0.25) is 0 Å². The average Bonchev–Trinajstić information content (AvgIpc) is 1.88. The molecule has 0 heterocycles. The third-order valence-corrected chi connectivity index (χ3v) is 0.750. The van der Waals surface area contributed by atoms with Gasteiger partial charge in [-0.05, 0) is 0 Å². The van der Waals surface area contributed by atoms with Gasteiger partial charge in [-0.3, -0.25) is 0 Å². The second-order valence-electron chi connectivity index (χ2n) is 1.32. The molecule has 9 heavy (non-hydrogen) atoms. The van der Waals surface area contributed by atoms with Crippen molar-refractivity contribution in [1.29, 1.82) is 0 Å². The Balaban J connectivity index is 3.84. The zero-order chi connectivity index (χ0) is 7.11. The molecule has 0 aromatic heterocycles. The highest BCUT2D eigenvalue weighted by Crippen LogP contribution is 1.69. The number of hydrogen-bond acceptors (Lipinski definition) is 2. The minimum atomic E-state index is 0.468. The smallest absolute Gasteiger partial charge is 0.293 e. The summed E-state index contributed by atoms with van der Waals surface area (Å²) in [5.74, 6) is 2.42. The topological polar surface area (TPSA) is 36.8 Å². The molecule has 0 saturated heterocycles. The van der Waals surface area contributed by atoms with E-state index in [1.54, 1.807) is 7.05 Å². The molecule has 3 nitrogen and oxygen atoms in total. The minimum Gasteiger partial charge on any atom is -0.382 e. The molecule has 0 aromatic carbocycles. The molecule has 0 unspecified atom stereocenters. The van der Waals surface area contributed by atoms with Crippen molar-refractivity contribution in [3.05, 3.63) is 0 Å². The largest absolute Gasteiger partial charge is 0.382 e. The molecule has 0 spiro atoms. The van der Waals surface area contributed by atoms with Gasteiger partial charge in [0.05, 0.1) is 5.73 Å². The summed E-state index contributed by atoms with van der Waals surface area (Å²) in [6.45, 7) is 3.18. The van der Waals surface area contributed by atoms with Crippen molar-refractivity contribution < 1.29 is 0 Å². The van der Waals surface area contributed by atoms with E-state index in [1.165, 1.54) is 0 Å². The third-order valence-electron chi connectivity index (χ3n) is 0.750. The first-order valence-electron chi connectivity index (χ1n) is 2.49. The van der Waals surface area contributed by atoms with Crippen molar-refractivity contribution in [3.63, 3.8) is 0 Å². The molecule has 0 aliphatic rings. The van der Waals surface area contributed by atoms with E-state index in [0.717, 1.165) is 0 Å². The van der Waals surface area contributed by atoms with Crippen LogP contribution in [0.4, 0.5) is 0 Å². The molecule has 0 atom stereocenters. The monoisotopic (exact) mass is 121 g/mol. The molecule has 4 heteroatoms. The highest BCUT2D eigenvalue weighted by molar-refractivity contribution is 6.80. The average molecular weight is 121 g/mol. The van der Waals surface area contributed by atoms with Crippen LogP contribution in [0.15, 0.2) is 10.2 Å². The van der Waals surface area contributed by atoms with E-state index in [9.17, 15) is 0 Å². The molecule has 0 bridgehead atoms. The quantitative estimate of drug-likeness (QED) is 0.168. The summed E-state index contributed by atoms with van der Waals surface area (Å²) in [6.07, 6.45) is 5.00. The summed E-state index contributed by atoms with van der Waals surface area (Å²) in [5.41, 5.74) is 0.660. The number of rotatable bonds is 2. The van der Waals surface area contributed by atoms with Gasteiger partial charge < -0.3 is 5.32 Å². The van der Waals surface area contributed by atoms with Crippen LogP contribution in [0.3, 0.4) is 0 Å². The van der Waals surface area contributed by atoms with Crippen molar-refractivity contribution in [1.82, 2.24) is 5.32 Å². The summed E-state index contributed by atoms with van der Waals surface area (Å²) < 4.78 is 0. The first kappa shape index (κ1) is 7.76. The first-order chi connectivity index (χ1) is 4.35. The van der Waals surface area contributed by atoms with E-state index >= 15 is 0 Å². The zero-order valence-corrected chi connectivity index (χ0v) is 5.39. The predicted octanol–water partition coefficient (Wildman–Crippen LogP) is -0.795. The fraction of sp³-hybridized carbons (Fsp3) is 0.200. The number of nitrogens with zero attached hydrogens (tertiary/aromatic N) is 2. The normalized spacial score (nSPS) is 9.56. The molecule has 0 aliphatic carbocycles. The zero-order valence-electron chi connectivity index (χ0n) is 5.39. The van der Waals surface area contributed by atoms with Crippen molar-refractivity contribution in [3.8, 4) is 12.2 Å². The van der Waals surface area contributed by atoms with Gasteiger partial charge in [0, 0.05) is 13.8 Å². The van der Waals surface area contributed by atoms with E-state index in [4.69, 9.17) is 6.42 Å². The minimum absolute atomic E-state index is 0.468. The van der Waals surface area contributed by atoms with E-state index in [-0.39, 0.29) is 0 Å². The molecule has 1 N–H and O–H groups in total. The maximum Gasteiger partial charge on any atom is 0.293 e. The Hall–Kier alpha value is -1.24. The van der Waals surface area contributed by atoms with Crippen LogP contribution in [-0.4, -0.2) is 26.8 Å². The Morgan fingerprint density at radius 1 is 1.89 bits per heavy atom. The van der Waals surface area contributed by atoms with Gasteiger partial charge >= 0.3 is 0 Å². The molecule has 0 fully saturated rings. The van der Waals surface area contributed by atoms with Gasteiger partial charge in [0.1, 0.15) is 0 Å². The number of nitrogens with one attached hydrogen (secondary N) is 1. The fourth-order valence-electron chi connectivity index (χ4n) is 0.356. The first-order valence-corrected chi connectivity index (χ1v) is 2.49. The van der Waals surface area contributed by atoms with E-state index < -0.39 is 0 Å². The van der Waals surface area contributed by atoms with Crippen LogP contribution < -0.4 is 5.32 Å². The molecule has 0 rings (SSSR count). The van der Waals surface area contributed by atoms with Crippen LogP contribution in [0.5, 0.6) is 0 Å². The van der Waals surface area contributed by atoms with Gasteiger partial charge in [-0.1, -0.05) is 0 Å². The molecule has 46 valence electrons. The molecular weight excluding hydrogens is 113 g/mol. The van der Waals surface area contributed by atoms with Crippen LogP contribution in [0.2, 0.25) is 0 Å². The Morgan fingerprint density at radius 3 is 2.89 bits per heavy atom. The number of hydrogen-bond donors (Lipinski definition) is 1. The second kappa shape index (κ2) is 4.91. The second-order valence-corrected chi connectivity index (χ2v) is 1.32. The maximum absolute atomic E-state index is 5.00. The molecule has 0 saturated carbocycles. The predicted molar refractivity (Wildman–Crippen MR) is 42.0 cm³/mol. The van der Waals surface area contributed by atoms with Crippen molar-refractivity contribution >= 4 is 19.7 Å². The van der Waals surface area contributed by atoms with E-state index in [0.29, 0.717) is 13.0 Å². The third kappa shape index (κ3) is 3.36. The van der Waals surface area contributed by atoms with Gasteiger partial charge in [-0.2, -0.15) is 10.9 Å². The lowest BCUT2D eigenvalue weighted by Gasteiger charge is -1.94. The SMILES string of the molecule is C#CB/C(=N/N=C)NC. The van der Waals surface area contributed by atoms with Gasteiger partial charge in [0.15, 0.2) is 0 Å². The van der Waals surface area contributed by atoms with Crippen LogP contribution in [0.25, 0.3) is 0 Å². The molecule has 0 aromatic rings. The Bertz CT molecular complexity index is 156. The van der Waals surface area contributed by atoms with Gasteiger partial charge in [-0.15, -0.1) is 11.5 Å². The van der Waals surface area contributed by atoms with Crippen molar-refractivity contribution in [2.75, 3.05) is 7.05 Å². The van der Waals surface area contributed by atoms with Gasteiger partial charge in [-0.25, -0.2) is 0 Å². The van der Waals surface area contributed by atoms with Crippen LogP contribution in [-0.2, 0) is 0 Å². The van der Waals surface area contributed by atoms with Crippen LogP contribution in [0, 0.1) is 12.2 Å². The van der Waals surface area contributed by atoms with Crippen molar-refractivity contribution in [2.45, 2.75) is 0 Å². The summed E-state index contributed by atoms with van der Waals surface area (Å²) in [6, 6.07) is 0. The fourth-order valence-corrected chi connectivity index (χ4v) is 0.356. The molecule has 0 amide bonds. The summed E-state index contributed by atoms with van der Waals surface area (Å²) >= 11 is 0. The lowest BCUT2D eigenvalue weighted by atomic mass is 9.79. The highest BCUT2D eigenvalue weighted by Gasteiger charge is 1.91. The van der Waals surface area contributed by atoms with Gasteiger partial charge in [0.25, 0.3) is 7.28 Å². The molecule has 0 radical (unpaired) electrons. The maximum atomic E-state index is 5.00. The molecular formula is C5H8BN3. The van der Waals surface area contributed by atoms with Crippen LogP contribution >= 0.6 is 0 Å². The van der Waals surface area contributed by atoms with E-state index in [2.05, 4.69) is 28.1 Å². The number of terminal acetylenes is 1. The van der Waals surface area contributed by atoms with E-state index in [1.807, 2.05) is 0 Å². The Labute approximate surface area is 55.5 Å². The van der Waals surface area contributed by atoms with Crippen LogP contribution in [0.1, 0.15) is 0 Å². The summed E-state index contributed by atoms with van der Waals surface area (Å²) in [7, 11) is 2.21. The summed E-state index contributed by atoms with van der Waals surface area (Å²) in [4.78, 5) is 0.